The van der Waals surface area contributed by atoms with Gasteiger partial charge in [0.2, 0.25) is 0 Å². The predicted octanol–water partition coefficient (Wildman–Crippen LogP) is 3.15. The molecule has 0 spiro atoms. The molecule has 1 unspecified atom stereocenters. The van der Waals surface area contributed by atoms with Crippen LogP contribution in [0.3, 0.4) is 0 Å². The van der Waals surface area contributed by atoms with E-state index in [9.17, 15) is 0 Å². The first kappa shape index (κ1) is 10.8. The van der Waals surface area contributed by atoms with Crippen molar-refractivity contribution in [3.63, 3.8) is 0 Å². The van der Waals surface area contributed by atoms with Crippen molar-refractivity contribution in [1.82, 2.24) is 4.98 Å². The maximum absolute atomic E-state index is 6.10. The van der Waals surface area contributed by atoms with E-state index in [-0.39, 0.29) is 6.04 Å². The molecule has 2 nitrogen and oxygen atoms in total. The van der Waals surface area contributed by atoms with E-state index in [1.54, 1.807) is 17.5 Å². The quantitative estimate of drug-likeness (QED) is 0.939. The third-order valence-electron chi connectivity index (χ3n) is 2.19. The molecule has 0 aromatic carbocycles. The fourth-order valence-corrected chi connectivity index (χ4v) is 2.65. The molecule has 2 aromatic rings. The van der Waals surface area contributed by atoms with E-state index in [1.165, 1.54) is 11.1 Å². The van der Waals surface area contributed by atoms with Gasteiger partial charge in [-0.25, -0.2) is 0 Å². The minimum Gasteiger partial charge on any atom is -0.324 e. The predicted molar refractivity (Wildman–Crippen MR) is 66.9 cm³/mol. The fraction of sp³-hybridized carbons (Fsp3) is 0.182. The van der Waals surface area contributed by atoms with E-state index in [0.717, 1.165) is 10.2 Å². The molecule has 0 bridgehead atoms. The smallest absolute Gasteiger partial charge is 0.0701 e. The highest BCUT2D eigenvalue weighted by molar-refractivity contribution is 9.11. The van der Waals surface area contributed by atoms with Crippen molar-refractivity contribution in [2.45, 2.75) is 12.5 Å². The molecular formula is C11H11BrN2S. The van der Waals surface area contributed by atoms with Crippen molar-refractivity contribution in [1.29, 1.82) is 0 Å². The molecule has 0 saturated carbocycles. The van der Waals surface area contributed by atoms with Crippen LogP contribution in [0, 0.1) is 0 Å². The summed E-state index contributed by atoms with van der Waals surface area (Å²) in [4.78, 5) is 4.07. The van der Waals surface area contributed by atoms with Gasteiger partial charge in [-0.05, 0) is 51.0 Å². The number of rotatable bonds is 3. The molecule has 2 heterocycles. The molecule has 0 fully saturated rings. The van der Waals surface area contributed by atoms with Gasteiger partial charge in [0.1, 0.15) is 0 Å². The Hall–Kier alpha value is -0.710. The largest absolute Gasteiger partial charge is 0.324 e. The summed E-state index contributed by atoms with van der Waals surface area (Å²) in [5, 5.41) is 2.09. The monoisotopic (exact) mass is 282 g/mol. The lowest BCUT2D eigenvalue weighted by Crippen LogP contribution is -2.12. The van der Waals surface area contributed by atoms with Gasteiger partial charge in [0, 0.05) is 18.4 Å². The SMILES string of the molecule is NC(Cc1cccnc1)c1csc(Br)c1. The molecule has 0 saturated heterocycles. The summed E-state index contributed by atoms with van der Waals surface area (Å²) in [5.41, 5.74) is 8.45. The summed E-state index contributed by atoms with van der Waals surface area (Å²) in [6.45, 7) is 0. The van der Waals surface area contributed by atoms with Gasteiger partial charge in [0.05, 0.1) is 3.79 Å². The molecule has 4 heteroatoms. The molecule has 2 N–H and O–H groups in total. The van der Waals surface area contributed by atoms with Crippen LogP contribution in [0.1, 0.15) is 17.2 Å². The van der Waals surface area contributed by atoms with Gasteiger partial charge >= 0.3 is 0 Å². The van der Waals surface area contributed by atoms with Crippen molar-refractivity contribution < 1.29 is 0 Å². The molecule has 1 atom stereocenters. The highest BCUT2D eigenvalue weighted by Crippen LogP contribution is 2.25. The zero-order valence-corrected chi connectivity index (χ0v) is 10.5. The fourth-order valence-electron chi connectivity index (χ4n) is 1.41. The lowest BCUT2D eigenvalue weighted by Gasteiger charge is -2.08. The van der Waals surface area contributed by atoms with Crippen molar-refractivity contribution in [2.24, 2.45) is 5.73 Å². The molecular weight excluding hydrogens is 272 g/mol. The molecule has 0 radical (unpaired) electrons. The maximum atomic E-state index is 6.10. The van der Waals surface area contributed by atoms with Crippen molar-refractivity contribution in [3.8, 4) is 0 Å². The standard InChI is InChI=1S/C11H11BrN2S/c12-11-5-9(7-15-11)10(13)4-8-2-1-3-14-6-8/h1-3,5-7,10H,4,13H2. The molecule has 15 heavy (non-hydrogen) atoms. The van der Waals surface area contributed by atoms with E-state index in [4.69, 9.17) is 5.73 Å². The third-order valence-corrected chi connectivity index (χ3v) is 3.72. The van der Waals surface area contributed by atoms with E-state index >= 15 is 0 Å². The van der Waals surface area contributed by atoms with Crippen LogP contribution >= 0.6 is 27.3 Å². The van der Waals surface area contributed by atoms with Crippen LogP contribution in [0.25, 0.3) is 0 Å². The number of nitrogens with zero attached hydrogens (tertiary/aromatic N) is 1. The number of hydrogen-bond donors (Lipinski definition) is 1. The normalized spacial score (nSPS) is 12.7. The van der Waals surface area contributed by atoms with Crippen molar-refractivity contribution in [3.05, 3.63) is 50.9 Å². The number of pyridine rings is 1. The van der Waals surface area contributed by atoms with E-state index in [0.29, 0.717) is 0 Å². The van der Waals surface area contributed by atoms with Crippen LogP contribution in [-0.2, 0) is 6.42 Å². The first-order valence-electron chi connectivity index (χ1n) is 4.64. The van der Waals surface area contributed by atoms with Gasteiger partial charge in [0.15, 0.2) is 0 Å². The summed E-state index contributed by atoms with van der Waals surface area (Å²) in [7, 11) is 0. The number of halogens is 1. The van der Waals surface area contributed by atoms with Gasteiger partial charge in [-0.15, -0.1) is 11.3 Å². The zero-order chi connectivity index (χ0) is 10.7. The summed E-state index contributed by atoms with van der Waals surface area (Å²) in [6.07, 6.45) is 4.47. The first-order valence-corrected chi connectivity index (χ1v) is 6.31. The Morgan fingerprint density at radius 2 is 2.40 bits per heavy atom. The van der Waals surface area contributed by atoms with Gasteiger partial charge in [0.25, 0.3) is 0 Å². The topological polar surface area (TPSA) is 38.9 Å². The molecule has 2 aromatic heterocycles. The average molecular weight is 283 g/mol. The van der Waals surface area contributed by atoms with E-state index in [2.05, 4.69) is 32.4 Å². The molecule has 0 aliphatic carbocycles. The number of aromatic nitrogens is 1. The molecule has 0 aliphatic heterocycles. The van der Waals surface area contributed by atoms with Crippen LogP contribution in [0.15, 0.2) is 39.8 Å². The molecule has 78 valence electrons. The lowest BCUT2D eigenvalue weighted by atomic mass is 10.0. The van der Waals surface area contributed by atoms with Crippen LogP contribution in [-0.4, -0.2) is 4.98 Å². The van der Waals surface area contributed by atoms with Crippen molar-refractivity contribution in [2.75, 3.05) is 0 Å². The van der Waals surface area contributed by atoms with Crippen LogP contribution in [0.5, 0.6) is 0 Å². The Balaban J connectivity index is 2.07. The van der Waals surface area contributed by atoms with Crippen LogP contribution < -0.4 is 5.73 Å². The highest BCUT2D eigenvalue weighted by Gasteiger charge is 2.08. The number of hydrogen-bond acceptors (Lipinski definition) is 3. The van der Waals surface area contributed by atoms with Gasteiger partial charge < -0.3 is 5.73 Å². The summed E-state index contributed by atoms with van der Waals surface area (Å²) < 4.78 is 1.12. The van der Waals surface area contributed by atoms with Gasteiger partial charge in [-0.1, -0.05) is 6.07 Å². The lowest BCUT2D eigenvalue weighted by molar-refractivity contribution is 0.722. The maximum Gasteiger partial charge on any atom is 0.0701 e. The Morgan fingerprint density at radius 3 is 3.00 bits per heavy atom. The van der Waals surface area contributed by atoms with E-state index in [1.807, 2.05) is 18.3 Å². The van der Waals surface area contributed by atoms with Crippen molar-refractivity contribution >= 4 is 27.3 Å². The summed E-state index contributed by atoms with van der Waals surface area (Å²) >= 11 is 5.10. The highest BCUT2D eigenvalue weighted by atomic mass is 79.9. The second-order valence-electron chi connectivity index (χ2n) is 3.36. The summed E-state index contributed by atoms with van der Waals surface area (Å²) in [5.74, 6) is 0. The minimum atomic E-state index is 0.0525. The first-order chi connectivity index (χ1) is 7.25. The third kappa shape index (κ3) is 2.87. The Morgan fingerprint density at radius 1 is 1.53 bits per heavy atom. The molecule has 0 aliphatic rings. The second kappa shape index (κ2) is 4.88. The second-order valence-corrected chi connectivity index (χ2v) is 5.65. The van der Waals surface area contributed by atoms with Crippen LogP contribution in [0.2, 0.25) is 0 Å². The molecule has 0 amide bonds. The van der Waals surface area contributed by atoms with Crippen LogP contribution in [0.4, 0.5) is 0 Å². The Labute approximate surface area is 101 Å². The number of nitrogens with two attached hydrogens (primary N) is 1. The zero-order valence-electron chi connectivity index (χ0n) is 8.06. The van der Waals surface area contributed by atoms with Gasteiger partial charge in [-0.2, -0.15) is 0 Å². The average Bonchev–Trinajstić information content (AvgIpc) is 2.66. The number of thiophene rings is 1. The Bertz CT molecular complexity index is 427. The van der Waals surface area contributed by atoms with E-state index < -0.39 is 0 Å². The van der Waals surface area contributed by atoms with Gasteiger partial charge in [-0.3, -0.25) is 4.98 Å². The Kier molecular flexibility index (Phi) is 3.51. The summed E-state index contributed by atoms with van der Waals surface area (Å²) in [6, 6.07) is 6.11. The minimum absolute atomic E-state index is 0.0525. The molecule has 2 rings (SSSR count).